The van der Waals surface area contributed by atoms with Gasteiger partial charge in [-0.1, -0.05) is 6.42 Å². The molecule has 8 nitrogen and oxygen atoms in total. The molecule has 0 spiro atoms. The Kier molecular flexibility index (Phi) is 8.75. The second-order valence-corrected chi connectivity index (χ2v) is 9.64. The monoisotopic (exact) mass is 442 g/mol. The zero-order valence-electron chi connectivity index (χ0n) is 17.8. The van der Waals surface area contributed by atoms with Crippen molar-refractivity contribution in [2.75, 3.05) is 40.3 Å². The Balaban J connectivity index is 1.96. The summed E-state index contributed by atoms with van der Waals surface area (Å²) in [7, 11) is -0.0463. The van der Waals surface area contributed by atoms with Crippen molar-refractivity contribution in [1.29, 1.82) is 0 Å². The smallest absolute Gasteiger partial charge is 0.309 e. The van der Waals surface area contributed by atoms with E-state index in [1.165, 1.54) is 16.4 Å². The molecule has 0 unspecified atom stereocenters. The van der Waals surface area contributed by atoms with Crippen molar-refractivity contribution in [3.63, 3.8) is 0 Å². The van der Waals surface area contributed by atoms with E-state index >= 15 is 0 Å². The number of hydrogen-bond donors (Lipinski definition) is 2. The van der Waals surface area contributed by atoms with Crippen LogP contribution in [-0.2, 0) is 19.6 Å². The summed E-state index contributed by atoms with van der Waals surface area (Å²) in [5, 5.41) is 5.10. The molecule has 1 atom stereocenters. The zero-order valence-corrected chi connectivity index (χ0v) is 18.6. The first-order valence-electron chi connectivity index (χ1n) is 10.1. The summed E-state index contributed by atoms with van der Waals surface area (Å²) in [5.41, 5.74) is 0.363. The number of rotatable bonds is 8. The maximum atomic E-state index is 13.4. The third-order valence-corrected chi connectivity index (χ3v) is 7.22. The third-order valence-electron chi connectivity index (χ3n) is 5.11. The molecule has 1 aromatic carbocycles. The van der Waals surface area contributed by atoms with E-state index in [-0.39, 0.29) is 17.5 Å². The van der Waals surface area contributed by atoms with Crippen molar-refractivity contribution in [3.05, 3.63) is 29.6 Å². The topological polar surface area (TPSA) is 98.8 Å². The van der Waals surface area contributed by atoms with E-state index in [2.05, 4.69) is 10.6 Å². The number of likely N-dealkylation sites (N-methyl/N-ethyl adjacent to an activating group) is 1. The molecule has 0 bridgehead atoms. The molecule has 30 heavy (non-hydrogen) atoms. The van der Waals surface area contributed by atoms with Gasteiger partial charge in [-0.15, -0.1) is 0 Å². The molecule has 0 saturated carbocycles. The van der Waals surface area contributed by atoms with E-state index in [0.29, 0.717) is 38.0 Å². The van der Waals surface area contributed by atoms with Gasteiger partial charge in [0, 0.05) is 32.2 Å². The normalized spacial score (nSPS) is 17.7. The number of piperidine rings is 1. The molecular weight excluding hydrogens is 411 g/mol. The van der Waals surface area contributed by atoms with Gasteiger partial charge in [-0.3, -0.25) is 9.59 Å². The molecular formula is C20H31FN4O4S. The predicted octanol–water partition coefficient (Wildman–Crippen LogP) is 0.861. The lowest BCUT2D eigenvalue weighted by Gasteiger charge is -2.35. The summed E-state index contributed by atoms with van der Waals surface area (Å²) in [6.45, 7) is 3.13. The summed E-state index contributed by atoms with van der Waals surface area (Å²) < 4.78 is 41.2. The van der Waals surface area contributed by atoms with Crippen molar-refractivity contribution in [3.8, 4) is 0 Å². The molecule has 1 saturated heterocycles. The summed E-state index contributed by atoms with van der Waals surface area (Å²) in [6.07, 6.45) is 2.70. The molecule has 0 radical (unpaired) electrons. The van der Waals surface area contributed by atoms with Crippen LogP contribution in [0.2, 0.25) is 0 Å². The number of amides is 2. The van der Waals surface area contributed by atoms with Gasteiger partial charge in [-0.05, 0) is 64.0 Å². The summed E-state index contributed by atoms with van der Waals surface area (Å²) in [6, 6.07) is 3.37. The Labute approximate surface area is 177 Å². The van der Waals surface area contributed by atoms with Gasteiger partial charge >= 0.3 is 11.8 Å². The minimum absolute atomic E-state index is 0.0973. The number of carbonyl (C=O) groups is 2. The van der Waals surface area contributed by atoms with Gasteiger partial charge < -0.3 is 15.5 Å². The van der Waals surface area contributed by atoms with Crippen LogP contribution in [-0.4, -0.2) is 75.8 Å². The van der Waals surface area contributed by atoms with Crippen LogP contribution in [0.5, 0.6) is 0 Å². The zero-order chi connectivity index (χ0) is 22.3. The van der Waals surface area contributed by atoms with Gasteiger partial charge in [-0.2, -0.15) is 4.31 Å². The van der Waals surface area contributed by atoms with E-state index in [0.717, 1.165) is 18.9 Å². The lowest BCUT2D eigenvalue weighted by Crippen LogP contribution is -2.46. The highest BCUT2D eigenvalue weighted by Crippen LogP contribution is 2.28. The Morgan fingerprint density at radius 1 is 1.17 bits per heavy atom. The van der Waals surface area contributed by atoms with Crippen LogP contribution in [0.25, 0.3) is 0 Å². The molecule has 1 fully saturated rings. The minimum atomic E-state index is -3.78. The van der Waals surface area contributed by atoms with Crippen LogP contribution >= 0.6 is 0 Å². The number of sulfonamides is 1. The summed E-state index contributed by atoms with van der Waals surface area (Å²) in [4.78, 5) is 25.7. The first-order chi connectivity index (χ1) is 14.1. The van der Waals surface area contributed by atoms with Crippen LogP contribution in [0.15, 0.2) is 23.1 Å². The maximum absolute atomic E-state index is 13.4. The quantitative estimate of drug-likeness (QED) is 0.582. The number of nitrogens with zero attached hydrogens (tertiary/aromatic N) is 2. The number of hydrogen-bond acceptors (Lipinski definition) is 5. The average molecular weight is 443 g/mol. The predicted molar refractivity (Wildman–Crippen MR) is 112 cm³/mol. The van der Waals surface area contributed by atoms with E-state index in [9.17, 15) is 22.4 Å². The highest BCUT2D eigenvalue weighted by molar-refractivity contribution is 7.89. The lowest BCUT2D eigenvalue weighted by atomic mass is 10.0. The molecule has 10 heteroatoms. The lowest BCUT2D eigenvalue weighted by molar-refractivity contribution is -0.139. The van der Waals surface area contributed by atoms with Crippen LogP contribution in [0, 0.1) is 12.7 Å². The van der Waals surface area contributed by atoms with Gasteiger partial charge in [-0.25, -0.2) is 12.8 Å². The number of benzene rings is 1. The number of aryl methyl sites for hydroxylation is 1. The highest BCUT2D eigenvalue weighted by Gasteiger charge is 2.34. The number of halogens is 1. The van der Waals surface area contributed by atoms with E-state index < -0.39 is 27.7 Å². The first kappa shape index (κ1) is 24.2. The van der Waals surface area contributed by atoms with Crippen LogP contribution in [0.4, 0.5) is 4.39 Å². The molecule has 1 aromatic rings. The Bertz CT molecular complexity index is 860. The summed E-state index contributed by atoms with van der Waals surface area (Å²) >= 11 is 0. The number of carbonyl (C=O) groups excluding carboxylic acids is 2. The minimum Gasteiger partial charge on any atom is -0.348 e. The highest BCUT2D eigenvalue weighted by atomic mass is 32.2. The van der Waals surface area contributed by atoms with Crippen molar-refractivity contribution >= 4 is 21.8 Å². The Morgan fingerprint density at radius 2 is 1.83 bits per heavy atom. The Morgan fingerprint density at radius 3 is 2.47 bits per heavy atom. The molecule has 1 aliphatic heterocycles. The fourth-order valence-corrected chi connectivity index (χ4v) is 5.44. The second kappa shape index (κ2) is 10.8. The van der Waals surface area contributed by atoms with Crippen LogP contribution < -0.4 is 10.6 Å². The maximum Gasteiger partial charge on any atom is 0.309 e. The van der Waals surface area contributed by atoms with Crippen molar-refractivity contribution in [2.24, 2.45) is 0 Å². The van der Waals surface area contributed by atoms with E-state index in [1.807, 2.05) is 19.0 Å². The number of nitrogens with one attached hydrogen (secondary N) is 2. The molecule has 0 aliphatic carbocycles. The van der Waals surface area contributed by atoms with Crippen molar-refractivity contribution in [1.82, 2.24) is 19.8 Å². The van der Waals surface area contributed by atoms with Crippen LogP contribution in [0.3, 0.4) is 0 Å². The van der Waals surface area contributed by atoms with Crippen molar-refractivity contribution < 1.29 is 22.4 Å². The third kappa shape index (κ3) is 6.48. The first-order valence-corrected chi connectivity index (χ1v) is 11.6. The second-order valence-electron chi connectivity index (χ2n) is 7.78. The van der Waals surface area contributed by atoms with Gasteiger partial charge in [0.15, 0.2) is 0 Å². The molecule has 2 N–H and O–H groups in total. The SMILES string of the molecule is Cc1cc(F)ccc1S(=O)(=O)N1CCCC[C@H]1CCNC(=O)C(=O)NCCN(C)C. The fourth-order valence-electron chi connectivity index (χ4n) is 3.51. The molecule has 2 amide bonds. The molecule has 1 aliphatic rings. The largest absolute Gasteiger partial charge is 0.348 e. The van der Waals surface area contributed by atoms with Gasteiger partial charge in [0.1, 0.15) is 5.82 Å². The molecule has 0 aromatic heterocycles. The van der Waals surface area contributed by atoms with Gasteiger partial charge in [0.2, 0.25) is 10.0 Å². The van der Waals surface area contributed by atoms with Gasteiger partial charge in [0.25, 0.3) is 0 Å². The summed E-state index contributed by atoms with van der Waals surface area (Å²) in [5.74, 6) is -1.91. The Hall–Kier alpha value is -2.04. The van der Waals surface area contributed by atoms with E-state index in [1.54, 1.807) is 6.92 Å². The molecule has 168 valence electrons. The van der Waals surface area contributed by atoms with Gasteiger partial charge in [0.05, 0.1) is 4.90 Å². The van der Waals surface area contributed by atoms with Crippen LogP contribution in [0.1, 0.15) is 31.2 Å². The fraction of sp³-hybridized carbons (Fsp3) is 0.600. The van der Waals surface area contributed by atoms with Crippen molar-refractivity contribution in [2.45, 2.75) is 43.5 Å². The average Bonchev–Trinajstić information content (AvgIpc) is 2.67. The van der Waals surface area contributed by atoms with E-state index in [4.69, 9.17) is 0 Å². The molecule has 2 rings (SSSR count). The molecule has 1 heterocycles. The standard InChI is InChI=1S/C20H31FN4O4S/c1-15-14-16(21)7-8-18(15)30(28,29)25-12-5-4-6-17(25)9-10-22-19(26)20(27)23-11-13-24(2)3/h7-8,14,17H,4-6,9-13H2,1-3H3,(H,22,26)(H,23,27)/t17-/m0/s1.